The highest BCUT2D eigenvalue weighted by Gasteiger charge is 2.50. The van der Waals surface area contributed by atoms with Gasteiger partial charge >= 0.3 is 5.97 Å². The molecule has 1 saturated heterocycles. The Morgan fingerprint density at radius 3 is 1.88 bits per heavy atom. The number of carbonyl (C=O) groups excluding carboxylic acids is 1. The topological polar surface area (TPSA) is 35.5 Å². The minimum atomic E-state index is -2.55. The van der Waals surface area contributed by atoms with Crippen molar-refractivity contribution in [2.24, 2.45) is 5.92 Å². The average Bonchev–Trinajstić information content (AvgIpc) is 2.94. The Morgan fingerprint density at radius 2 is 1.50 bits per heavy atom. The monoisotopic (exact) mass is 368 g/mol. The number of rotatable bonds is 5. The fourth-order valence-electron chi connectivity index (χ4n) is 3.90. The summed E-state index contributed by atoms with van der Waals surface area (Å²) >= 11 is 0. The maximum Gasteiger partial charge on any atom is 0.309 e. The second-order valence-corrected chi connectivity index (χ2v) is 12.5. The van der Waals surface area contributed by atoms with E-state index in [4.69, 9.17) is 9.16 Å². The number of benzene rings is 2. The number of esters is 1. The van der Waals surface area contributed by atoms with Crippen molar-refractivity contribution < 1.29 is 14.0 Å². The molecular weight excluding hydrogens is 340 g/mol. The highest BCUT2D eigenvalue weighted by molar-refractivity contribution is 6.99. The Morgan fingerprint density at radius 1 is 1.00 bits per heavy atom. The summed E-state index contributed by atoms with van der Waals surface area (Å²) in [6.45, 7) is 9.13. The Kier molecular flexibility index (Phi) is 5.35. The quantitative estimate of drug-likeness (QED) is 0.598. The van der Waals surface area contributed by atoms with E-state index in [-0.39, 0.29) is 23.0 Å². The van der Waals surface area contributed by atoms with Gasteiger partial charge in [-0.05, 0) is 21.8 Å². The third-order valence-electron chi connectivity index (χ3n) is 5.20. The minimum Gasteiger partial charge on any atom is -0.460 e. The van der Waals surface area contributed by atoms with Crippen molar-refractivity contribution in [3.63, 3.8) is 0 Å². The van der Waals surface area contributed by atoms with E-state index in [9.17, 15) is 4.79 Å². The van der Waals surface area contributed by atoms with E-state index in [1.807, 2.05) is 19.1 Å². The van der Waals surface area contributed by atoms with Crippen LogP contribution in [0, 0.1) is 5.92 Å². The van der Waals surface area contributed by atoms with E-state index in [1.165, 1.54) is 10.4 Å². The third kappa shape index (κ3) is 3.48. The van der Waals surface area contributed by atoms with Crippen LogP contribution >= 0.6 is 0 Å². The number of hydrogen-bond donors (Lipinski definition) is 0. The molecule has 4 heteroatoms. The molecule has 0 N–H and O–H groups in total. The van der Waals surface area contributed by atoms with Gasteiger partial charge in [0.2, 0.25) is 0 Å². The van der Waals surface area contributed by atoms with E-state index in [1.54, 1.807) is 0 Å². The van der Waals surface area contributed by atoms with Crippen LogP contribution in [0.1, 0.15) is 34.1 Å². The highest BCUT2D eigenvalue weighted by atomic mass is 28.4. The molecule has 26 heavy (non-hydrogen) atoms. The van der Waals surface area contributed by atoms with E-state index in [0.717, 1.165) is 6.42 Å². The van der Waals surface area contributed by atoms with Gasteiger partial charge in [0.05, 0.1) is 12.5 Å². The summed E-state index contributed by atoms with van der Waals surface area (Å²) in [4.78, 5) is 11.8. The molecule has 3 rings (SSSR count). The summed E-state index contributed by atoms with van der Waals surface area (Å²) in [5, 5.41) is 2.43. The Bertz CT molecular complexity index is 697. The van der Waals surface area contributed by atoms with Gasteiger partial charge in [0.25, 0.3) is 8.32 Å². The third-order valence-corrected chi connectivity index (χ3v) is 10.2. The van der Waals surface area contributed by atoms with Gasteiger partial charge in [0.15, 0.2) is 0 Å². The predicted molar refractivity (Wildman–Crippen MR) is 107 cm³/mol. The van der Waals surface area contributed by atoms with Crippen molar-refractivity contribution in [3.05, 3.63) is 60.7 Å². The van der Waals surface area contributed by atoms with E-state index in [0.29, 0.717) is 6.61 Å². The van der Waals surface area contributed by atoms with Crippen LogP contribution in [0.3, 0.4) is 0 Å². The molecule has 0 aliphatic carbocycles. The zero-order chi connectivity index (χ0) is 18.8. The molecule has 3 nitrogen and oxygen atoms in total. The van der Waals surface area contributed by atoms with Gasteiger partial charge in [-0.15, -0.1) is 0 Å². The summed E-state index contributed by atoms with van der Waals surface area (Å²) in [5.74, 6) is -0.149. The molecule has 0 unspecified atom stereocenters. The standard InChI is InChI=1S/C22H28O3Si/c1-17-15-18(25-21(17)23)16-24-26(22(2,3)4,19-11-7-5-8-12-19)20-13-9-6-10-14-20/h5-14,17-18H,15-16H2,1-4H3/t17-,18-/m0/s1. The highest BCUT2D eigenvalue weighted by Crippen LogP contribution is 2.37. The van der Waals surface area contributed by atoms with Crippen molar-refractivity contribution in [1.29, 1.82) is 0 Å². The molecule has 2 atom stereocenters. The molecule has 0 amide bonds. The van der Waals surface area contributed by atoms with Gasteiger partial charge in [-0.2, -0.15) is 0 Å². The summed E-state index contributed by atoms with van der Waals surface area (Å²) in [6.07, 6.45) is 0.580. The molecule has 138 valence electrons. The summed E-state index contributed by atoms with van der Waals surface area (Å²) in [6, 6.07) is 21.1. The number of cyclic esters (lactones) is 1. The zero-order valence-corrected chi connectivity index (χ0v) is 17.1. The van der Waals surface area contributed by atoms with Crippen LogP contribution in [0.4, 0.5) is 0 Å². The molecule has 0 bridgehead atoms. The van der Waals surface area contributed by atoms with Crippen molar-refractivity contribution in [1.82, 2.24) is 0 Å². The second-order valence-electron chi connectivity index (χ2n) is 8.17. The summed E-state index contributed by atoms with van der Waals surface area (Å²) in [7, 11) is -2.55. The maximum atomic E-state index is 11.8. The molecule has 1 aliphatic heterocycles. The van der Waals surface area contributed by atoms with Crippen LogP contribution in [0.2, 0.25) is 5.04 Å². The van der Waals surface area contributed by atoms with Crippen LogP contribution in [0.25, 0.3) is 0 Å². The van der Waals surface area contributed by atoms with E-state index in [2.05, 4.69) is 69.3 Å². The molecule has 0 radical (unpaired) electrons. The van der Waals surface area contributed by atoms with E-state index >= 15 is 0 Å². The lowest BCUT2D eigenvalue weighted by Gasteiger charge is -2.43. The predicted octanol–water partition coefficient (Wildman–Crippen LogP) is 3.51. The SMILES string of the molecule is C[C@H]1C[C@@H](CO[Si](c2ccccc2)(c2ccccc2)C(C)(C)C)OC1=O. The first kappa shape index (κ1) is 18.9. The lowest BCUT2D eigenvalue weighted by Crippen LogP contribution is -2.67. The van der Waals surface area contributed by atoms with Gasteiger partial charge in [0, 0.05) is 0 Å². The van der Waals surface area contributed by atoms with Gasteiger partial charge in [-0.3, -0.25) is 4.79 Å². The Labute approximate surface area is 157 Å². The minimum absolute atomic E-state index is 0.0391. The first-order chi connectivity index (χ1) is 12.3. The van der Waals surface area contributed by atoms with Crippen molar-refractivity contribution in [2.75, 3.05) is 6.61 Å². The van der Waals surface area contributed by atoms with E-state index < -0.39 is 8.32 Å². The van der Waals surface area contributed by atoms with Gasteiger partial charge < -0.3 is 9.16 Å². The molecule has 0 saturated carbocycles. The van der Waals surface area contributed by atoms with Crippen molar-refractivity contribution in [2.45, 2.75) is 45.3 Å². The van der Waals surface area contributed by atoms with Gasteiger partial charge in [-0.1, -0.05) is 88.4 Å². The fourth-order valence-corrected chi connectivity index (χ4v) is 8.49. The van der Waals surface area contributed by atoms with Gasteiger partial charge in [-0.25, -0.2) is 0 Å². The molecule has 1 aliphatic rings. The molecule has 1 fully saturated rings. The Hall–Kier alpha value is -1.91. The molecule has 1 heterocycles. The zero-order valence-electron chi connectivity index (χ0n) is 16.1. The van der Waals surface area contributed by atoms with Crippen LogP contribution in [-0.4, -0.2) is 27.0 Å². The molecule has 0 spiro atoms. The summed E-state index contributed by atoms with van der Waals surface area (Å²) in [5.41, 5.74) is 0. The van der Waals surface area contributed by atoms with Crippen molar-refractivity contribution in [3.8, 4) is 0 Å². The van der Waals surface area contributed by atoms with Crippen LogP contribution in [0.15, 0.2) is 60.7 Å². The van der Waals surface area contributed by atoms with Gasteiger partial charge in [0.1, 0.15) is 6.10 Å². The summed E-state index contributed by atoms with van der Waals surface area (Å²) < 4.78 is 12.3. The fraction of sp³-hybridized carbons (Fsp3) is 0.409. The number of carbonyl (C=O) groups is 1. The smallest absolute Gasteiger partial charge is 0.309 e. The first-order valence-corrected chi connectivity index (χ1v) is 11.2. The molecule has 0 aromatic heterocycles. The van der Waals surface area contributed by atoms with Crippen LogP contribution in [0.5, 0.6) is 0 Å². The number of hydrogen-bond acceptors (Lipinski definition) is 3. The van der Waals surface area contributed by atoms with Crippen LogP contribution in [-0.2, 0) is 14.0 Å². The second kappa shape index (κ2) is 7.37. The molecular formula is C22H28O3Si. The Balaban J connectivity index is 2.02. The lowest BCUT2D eigenvalue weighted by atomic mass is 10.1. The number of ether oxygens (including phenoxy) is 1. The normalized spacial score (nSPS) is 20.8. The average molecular weight is 369 g/mol. The lowest BCUT2D eigenvalue weighted by molar-refractivity contribution is -0.144. The van der Waals surface area contributed by atoms with Crippen LogP contribution < -0.4 is 10.4 Å². The maximum absolute atomic E-state index is 11.8. The first-order valence-electron chi connectivity index (χ1n) is 9.30. The van der Waals surface area contributed by atoms with Crippen molar-refractivity contribution >= 4 is 24.7 Å². The molecule has 2 aromatic rings. The molecule has 2 aromatic carbocycles. The largest absolute Gasteiger partial charge is 0.460 e.